The van der Waals surface area contributed by atoms with E-state index in [1.165, 1.54) is 17.7 Å². The number of hydrogen-bond acceptors (Lipinski definition) is 1. The van der Waals surface area contributed by atoms with Crippen LogP contribution in [0.2, 0.25) is 0 Å². The van der Waals surface area contributed by atoms with Crippen LogP contribution < -0.4 is 4.74 Å². The third-order valence-electron chi connectivity index (χ3n) is 2.77. The summed E-state index contributed by atoms with van der Waals surface area (Å²) < 4.78 is 18.4. The van der Waals surface area contributed by atoms with Crippen LogP contribution in [0, 0.1) is 5.82 Å². The molecule has 0 aliphatic heterocycles. The smallest absolute Gasteiger partial charge is 0.127 e. The Balaban J connectivity index is 2.13. The zero-order chi connectivity index (χ0) is 13.2. The second-order valence-corrected chi connectivity index (χ2v) is 5.33. The van der Waals surface area contributed by atoms with E-state index >= 15 is 0 Å². The Kier molecular flexibility index (Phi) is 3.37. The number of rotatable bonds is 2. The average Bonchev–Trinajstić information content (AvgIpc) is 2.32. The highest BCUT2D eigenvalue weighted by atomic mass is 19.1. The zero-order valence-corrected chi connectivity index (χ0v) is 10.9. The summed E-state index contributed by atoms with van der Waals surface area (Å²) in [7, 11) is 0. The molecule has 2 rings (SSSR count). The van der Waals surface area contributed by atoms with Crippen LogP contribution in [0.5, 0.6) is 11.5 Å². The van der Waals surface area contributed by atoms with E-state index < -0.39 is 0 Å². The van der Waals surface area contributed by atoms with Crippen molar-refractivity contribution >= 4 is 0 Å². The number of benzene rings is 2. The van der Waals surface area contributed by atoms with E-state index in [0.717, 1.165) is 5.75 Å². The lowest BCUT2D eigenvalue weighted by Crippen LogP contribution is -2.10. The topological polar surface area (TPSA) is 9.23 Å². The van der Waals surface area contributed by atoms with Crippen LogP contribution in [0.3, 0.4) is 0 Å². The van der Waals surface area contributed by atoms with Gasteiger partial charge >= 0.3 is 0 Å². The summed E-state index contributed by atoms with van der Waals surface area (Å²) in [6.45, 7) is 6.51. The normalized spacial score (nSPS) is 11.3. The number of hydrogen-bond donors (Lipinski definition) is 0. The van der Waals surface area contributed by atoms with Gasteiger partial charge in [0.15, 0.2) is 0 Å². The van der Waals surface area contributed by atoms with Crippen molar-refractivity contribution in [2.75, 3.05) is 0 Å². The third kappa shape index (κ3) is 3.10. The van der Waals surface area contributed by atoms with E-state index in [1.54, 1.807) is 12.1 Å². The lowest BCUT2D eigenvalue weighted by atomic mass is 9.87. The highest BCUT2D eigenvalue weighted by molar-refractivity contribution is 5.35. The van der Waals surface area contributed by atoms with Crippen LogP contribution in [0.4, 0.5) is 4.39 Å². The Bertz CT molecular complexity index is 506. The highest BCUT2D eigenvalue weighted by Gasteiger charge is 2.12. The molecule has 0 aromatic heterocycles. The predicted octanol–water partition coefficient (Wildman–Crippen LogP) is 4.92. The van der Waals surface area contributed by atoms with Gasteiger partial charge in [0.05, 0.1) is 0 Å². The van der Waals surface area contributed by atoms with Crippen molar-refractivity contribution in [3.05, 3.63) is 59.9 Å². The summed E-state index contributed by atoms with van der Waals surface area (Å²) in [5, 5.41) is 0. The third-order valence-corrected chi connectivity index (χ3v) is 2.77. The van der Waals surface area contributed by atoms with Crippen molar-refractivity contribution in [3.63, 3.8) is 0 Å². The summed E-state index contributed by atoms with van der Waals surface area (Å²) in [4.78, 5) is 0. The molecule has 0 heterocycles. The number of ether oxygens (including phenoxy) is 1. The van der Waals surface area contributed by atoms with Crippen molar-refractivity contribution in [1.82, 2.24) is 0 Å². The average molecular weight is 244 g/mol. The summed E-state index contributed by atoms with van der Waals surface area (Å²) in [5.41, 5.74) is 1.39. The maximum atomic E-state index is 12.8. The maximum Gasteiger partial charge on any atom is 0.127 e. The molecule has 1 nitrogen and oxygen atoms in total. The molecule has 0 spiro atoms. The van der Waals surface area contributed by atoms with Gasteiger partial charge in [-0.1, -0.05) is 32.9 Å². The molecule has 0 aliphatic rings. The van der Waals surface area contributed by atoms with Crippen molar-refractivity contribution in [2.45, 2.75) is 26.2 Å². The van der Waals surface area contributed by atoms with Crippen molar-refractivity contribution in [3.8, 4) is 11.5 Å². The molecule has 0 fully saturated rings. The Morgan fingerprint density at radius 1 is 0.778 bits per heavy atom. The Hall–Kier alpha value is -1.83. The Labute approximate surface area is 107 Å². The van der Waals surface area contributed by atoms with E-state index in [-0.39, 0.29) is 11.2 Å². The molecule has 0 N–H and O–H groups in total. The summed E-state index contributed by atoms with van der Waals surface area (Å²) in [5.74, 6) is 1.14. The molecule has 2 aromatic rings. The van der Waals surface area contributed by atoms with Crippen LogP contribution >= 0.6 is 0 Å². The van der Waals surface area contributed by atoms with Gasteiger partial charge in [0.1, 0.15) is 17.3 Å². The largest absolute Gasteiger partial charge is 0.457 e. The van der Waals surface area contributed by atoms with Gasteiger partial charge in [0.25, 0.3) is 0 Å². The molecular formula is C16H17FO. The second-order valence-electron chi connectivity index (χ2n) is 5.33. The van der Waals surface area contributed by atoms with Crippen molar-refractivity contribution in [1.29, 1.82) is 0 Å². The standard InChI is InChI=1S/C16H17FO/c1-16(2,3)12-4-8-14(9-5-12)18-15-10-6-13(17)7-11-15/h4-11H,1-3H3. The molecular weight excluding hydrogens is 227 g/mol. The summed E-state index contributed by atoms with van der Waals surface area (Å²) >= 11 is 0. The van der Waals surface area contributed by atoms with E-state index in [1.807, 2.05) is 12.1 Å². The molecule has 0 atom stereocenters. The summed E-state index contributed by atoms with van der Waals surface area (Å²) in [6, 6.07) is 14.0. The first-order chi connectivity index (χ1) is 8.45. The Morgan fingerprint density at radius 2 is 1.22 bits per heavy atom. The van der Waals surface area contributed by atoms with Gasteiger partial charge in [-0.05, 0) is 47.4 Å². The zero-order valence-electron chi connectivity index (χ0n) is 10.9. The van der Waals surface area contributed by atoms with Gasteiger partial charge in [0, 0.05) is 0 Å². The highest BCUT2D eigenvalue weighted by Crippen LogP contribution is 2.26. The first kappa shape index (κ1) is 12.6. The van der Waals surface area contributed by atoms with Crippen LogP contribution in [-0.2, 0) is 5.41 Å². The first-order valence-electron chi connectivity index (χ1n) is 5.99. The van der Waals surface area contributed by atoms with Crippen LogP contribution in [-0.4, -0.2) is 0 Å². The molecule has 2 aromatic carbocycles. The molecule has 0 saturated heterocycles. The Morgan fingerprint density at radius 3 is 1.67 bits per heavy atom. The van der Waals surface area contributed by atoms with Gasteiger partial charge in [-0.2, -0.15) is 0 Å². The predicted molar refractivity (Wildman–Crippen MR) is 71.6 cm³/mol. The monoisotopic (exact) mass is 244 g/mol. The minimum absolute atomic E-state index is 0.133. The molecule has 94 valence electrons. The van der Waals surface area contributed by atoms with Crippen LogP contribution in [0.25, 0.3) is 0 Å². The quantitative estimate of drug-likeness (QED) is 0.729. The van der Waals surface area contributed by atoms with E-state index in [9.17, 15) is 4.39 Å². The van der Waals surface area contributed by atoms with Gasteiger partial charge in [0.2, 0.25) is 0 Å². The lowest BCUT2D eigenvalue weighted by Gasteiger charge is -2.19. The van der Waals surface area contributed by atoms with Crippen LogP contribution in [0.15, 0.2) is 48.5 Å². The molecule has 0 amide bonds. The molecule has 0 radical (unpaired) electrons. The molecule has 18 heavy (non-hydrogen) atoms. The molecule has 2 heteroatoms. The molecule has 0 bridgehead atoms. The van der Waals surface area contributed by atoms with E-state index in [2.05, 4.69) is 32.9 Å². The lowest BCUT2D eigenvalue weighted by molar-refractivity contribution is 0.479. The molecule has 0 unspecified atom stereocenters. The van der Waals surface area contributed by atoms with E-state index in [0.29, 0.717) is 5.75 Å². The first-order valence-corrected chi connectivity index (χ1v) is 5.99. The maximum absolute atomic E-state index is 12.8. The second kappa shape index (κ2) is 4.81. The van der Waals surface area contributed by atoms with Crippen molar-refractivity contribution < 1.29 is 9.13 Å². The SMILES string of the molecule is CC(C)(C)c1ccc(Oc2ccc(F)cc2)cc1. The fraction of sp³-hybridized carbons (Fsp3) is 0.250. The minimum atomic E-state index is -0.259. The minimum Gasteiger partial charge on any atom is -0.457 e. The summed E-state index contributed by atoms with van der Waals surface area (Å²) in [6.07, 6.45) is 0. The van der Waals surface area contributed by atoms with Crippen LogP contribution in [0.1, 0.15) is 26.3 Å². The van der Waals surface area contributed by atoms with Crippen molar-refractivity contribution in [2.24, 2.45) is 0 Å². The number of halogens is 1. The molecule has 0 aliphatic carbocycles. The van der Waals surface area contributed by atoms with Gasteiger partial charge in [-0.25, -0.2) is 4.39 Å². The van der Waals surface area contributed by atoms with Gasteiger partial charge < -0.3 is 4.74 Å². The van der Waals surface area contributed by atoms with Gasteiger partial charge in [-0.3, -0.25) is 0 Å². The molecule has 0 saturated carbocycles. The van der Waals surface area contributed by atoms with E-state index in [4.69, 9.17) is 4.74 Å². The van der Waals surface area contributed by atoms with Gasteiger partial charge in [-0.15, -0.1) is 0 Å². The fourth-order valence-electron chi connectivity index (χ4n) is 1.66. The fourth-order valence-corrected chi connectivity index (χ4v) is 1.66.